The van der Waals surface area contributed by atoms with Gasteiger partial charge in [-0.3, -0.25) is 9.89 Å². The van der Waals surface area contributed by atoms with Crippen LogP contribution in [-0.4, -0.2) is 36.5 Å². The van der Waals surface area contributed by atoms with Crippen LogP contribution in [0.3, 0.4) is 0 Å². The summed E-state index contributed by atoms with van der Waals surface area (Å²) in [6.07, 6.45) is 7.63. The van der Waals surface area contributed by atoms with Crippen LogP contribution in [0.4, 0.5) is 0 Å². The van der Waals surface area contributed by atoms with Crippen molar-refractivity contribution in [3.63, 3.8) is 0 Å². The highest BCUT2D eigenvalue weighted by atomic mass is 32.1. The first-order valence-electron chi connectivity index (χ1n) is 8.61. The second-order valence-corrected chi connectivity index (χ2v) is 7.68. The molecule has 0 bridgehead atoms. The molecule has 1 saturated carbocycles. The predicted molar refractivity (Wildman–Crippen MR) is 94.2 cm³/mol. The highest BCUT2D eigenvalue weighted by Crippen LogP contribution is 2.21. The van der Waals surface area contributed by atoms with Gasteiger partial charge in [0.15, 0.2) is 5.96 Å². The zero-order valence-electron chi connectivity index (χ0n) is 13.3. The maximum absolute atomic E-state index is 6.02. The molecule has 1 aliphatic heterocycles. The van der Waals surface area contributed by atoms with E-state index in [1.807, 2.05) is 11.3 Å². The molecule has 0 radical (unpaired) electrons. The number of nitrogens with one attached hydrogen (secondary N) is 1. The van der Waals surface area contributed by atoms with Crippen LogP contribution in [0, 0.1) is 5.92 Å². The summed E-state index contributed by atoms with van der Waals surface area (Å²) in [6, 6.07) is 4.94. The van der Waals surface area contributed by atoms with Gasteiger partial charge in [-0.25, -0.2) is 0 Å². The lowest BCUT2D eigenvalue weighted by Crippen LogP contribution is -2.39. The lowest BCUT2D eigenvalue weighted by molar-refractivity contribution is 0.182. The van der Waals surface area contributed by atoms with Gasteiger partial charge in [0, 0.05) is 24.0 Å². The molecule has 1 aromatic rings. The Morgan fingerprint density at radius 1 is 1.27 bits per heavy atom. The summed E-state index contributed by atoms with van der Waals surface area (Å²) in [7, 11) is 0. The number of nitrogens with zero attached hydrogens (tertiary/aromatic N) is 2. The van der Waals surface area contributed by atoms with Gasteiger partial charge >= 0.3 is 0 Å². The van der Waals surface area contributed by atoms with Gasteiger partial charge in [-0.15, -0.1) is 11.3 Å². The van der Waals surface area contributed by atoms with Gasteiger partial charge < -0.3 is 11.1 Å². The second-order valence-electron chi connectivity index (χ2n) is 6.65. The summed E-state index contributed by atoms with van der Waals surface area (Å²) in [6.45, 7) is 4.37. The Labute approximate surface area is 137 Å². The van der Waals surface area contributed by atoms with Crippen molar-refractivity contribution < 1.29 is 0 Å². The topological polar surface area (TPSA) is 53.6 Å². The van der Waals surface area contributed by atoms with E-state index in [4.69, 9.17) is 5.73 Å². The molecule has 5 heteroatoms. The molecule has 0 atom stereocenters. The normalized spacial score (nSPS) is 22.3. The highest BCUT2D eigenvalue weighted by molar-refractivity contribution is 7.09. The highest BCUT2D eigenvalue weighted by Gasteiger charge is 2.20. The Bertz CT molecular complexity index is 457. The molecule has 1 saturated heterocycles. The largest absolute Gasteiger partial charge is 0.370 e. The first-order valence-corrected chi connectivity index (χ1v) is 9.49. The van der Waals surface area contributed by atoms with E-state index in [0.717, 1.165) is 13.1 Å². The third-order valence-electron chi connectivity index (χ3n) is 4.89. The Morgan fingerprint density at radius 3 is 2.73 bits per heavy atom. The number of nitrogens with two attached hydrogens (primary N) is 1. The maximum atomic E-state index is 6.02. The third kappa shape index (κ3) is 4.71. The molecule has 3 rings (SSSR count). The lowest BCUT2D eigenvalue weighted by Gasteiger charge is -2.31. The fraction of sp³-hybridized carbons (Fsp3) is 0.706. The molecule has 122 valence electrons. The standard InChI is InChI=1S/C17H28N4S/c18-17(20-15-4-1-2-5-15)19-12-14-7-9-21(10-8-14)13-16-6-3-11-22-16/h3,6,11,14-15H,1-2,4-5,7-10,12-13H2,(H3,18,19,20). The molecule has 1 aromatic heterocycles. The van der Waals surface area contributed by atoms with E-state index < -0.39 is 0 Å². The van der Waals surface area contributed by atoms with E-state index in [-0.39, 0.29) is 0 Å². The van der Waals surface area contributed by atoms with Gasteiger partial charge in [0.1, 0.15) is 0 Å². The Kier molecular flexibility index (Phi) is 5.73. The van der Waals surface area contributed by atoms with E-state index in [1.54, 1.807) is 0 Å². The molecule has 0 unspecified atom stereocenters. The molecule has 3 N–H and O–H groups in total. The number of aliphatic imine (C=N–C) groups is 1. The first-order chi connectivity index (χ1) is 10.8. The van der Waals surface area contributed by atoms with Crippen LogP contribution in [0.5, 0.6) is 0 Å². The summed E-state index contributed by atoms with van der Waals surface area (Å²) >= 11 is 1.86. The van der Waals surface area contributed by atoms with Gasteiger partial charge in [0.2, 0.25) is 0 Å². The first kappa shape index (κ1) is 15.8. The van der Waals surface area contributed by atoms with Crippen molar-refractivity contribution in [3.8, 4) is 0 Å². The Balaban J connectivity index is 1.36. The van der Waals surface area contributed by atoms with Crippen LogP contribution < -0.4 is 11.1 Å². The smallest absolute Gasteiger partial charge is 0.188 e. The fourth-order valence-electron chi connectivity index (χ4n) is 3.50. The minimum Gasteiger partial charge on any atom is -0.370 e. The SMILES string of the molecule is NC(=NCC1CCN(Cc2cccs2)CC1)NC1CCCC1. The number of guanidine groups is 1. The third-order valence-corrected chi connectivity index (χ3v) is 5.75. The number of hydrogen-bond donors (Lipinski definition) is 2. The van der Waals surface area contributed by atoms with Crippen molar-refractivity contribution in [1.29, 1.82) is 0 Å². The lowest BCUT2D eigenvalue weighted by atomic mass is 9.97. The van der Waals surface area contributed by atoms with Gasteiger partial charge in [-0.1, -0.05) is 18.9 Å². The van der Waals surface area contributed by atoms with Crippen molar-refractivity contribution in [3.05, 3.63) is 22.4 Å². The number of rotatable bonds is 5. The summed E-state index contributed by atoms with van der Waals surface area (Å²) in [4.78, 5) is 8.61. The summed E-state index contributed by atoms with van der Waals surface area (Å²) in [5.41, 5.74) is 6.02. The number of hydrogen-bond acceptors (Lipinski definition) is 3. The summed E-state index contributed by atoms with van der Waals surface area (Å²) in [5.74, 6) is 1.36. The van der Waals surface area contributed by atoms with Gasteiger partial charge in [0.05, 0.1) is 0 Å². The fourth-order valence-corrected chi connectivity index (χ4v) is 4.25. The molecular weight excluding hydrogens is 292 g/mol. The van der Waals surface area contributed by atoms with E-state index in [1.165, 1.54) is 56.5 Å². The van der Waals surface area contributed by atoms with Crippen molar-refractivity contribution in [2.24, 2.45) is 16.6 Å². The van der Waals surface area contributed by atoms with E-state index in [9.17, 15) is 0 Å². The van der Waals surface area contributed by atoms with Crippen molar-refractivity contribution in [1.82, 2.24) is 10.2 Å². The molecule has 0 aromatic carbocycles. The average molecular weight is 321 g/mol. The van der Waals surface area contributed by atoms with Crippen LogP contribution in [-0.2, 0) is 6.54 Å². The second kappa shape index (κ2) is 7.97. The molecule has 2 aliphatic rings. The van der Waals surface area contributed by atoms with Crippen LogP contribution in [0.2, 0.25) is 0 Å². The van der Waals surface area contributed by atoms with Crippen molar-refractivity contribution in [2.75, 3.05) is 19.6 Å². The van der Waals surface area contributed by atoms with Gasteiger partial charge in [0.25, 0.3) is 0 Å². The van der Waals surface area contributed by atoms with Crippen LogP contribution in [0.1, 0.15) is 43.4 Å². The predicted octanol–water partition coefficient (Wildman–Crippen LogP) is 2.81. The maximum Gasteiger partial charge on any atom is 0.188 e. The van der Waals surface area contributed by atoms with Crippen LogP contribution >= 0.6 is 11.3 Å². The van der Waals surface area contributed by atoms with Gasteiger partial charge in [-0.05, 0) is 56.1 Å². The molecule has 0 spiro atoms. The zero-order chi connectivity index (χ0) is 15.2. The molecule has 0 amide bonds. The number of piperidine rings is 1. The monoisotopic (exact) mass is 320 g/mol. The molecule has 2 heterocycles. The van der Waals surface area contributed by atoms with Crippen LogP contribution in [0.15, 0.2) is 22.5 Å². The van der Waals surface area contributed by atoms with E-state index in [0.29, 0.717) is 17.9 Å². The molecule has 4 nitrogen and oxygen atoms in total. The van der Waals surface area contributed by atoms with Crippen molar-refractivity contribution >= 4 is 17.3 Å². The number of thiophene rings is 1. The van der Waals surface area contributed by atoms with E-state index in [2.05, 4.69) is 32.7 Å². The molecule has 1 aliphatic carbocycles. The molecule has 22 heavy (non-hydrogen) atoms. The van der Waals surface area contributed by atoms with Gasteiger partial charge in [-0.2, -0.15) is 0 Å². The average Bonchev–Trinajstić information content (AvgIpc) is 3.20. The van der Waals surface area contributed by atoms with E-state index >= 15 is 0 Å². The minimum absolute atomic E-state index is 0.566. The zero-order valence-corrected chi connectivity index (χ0v) is 14.2. The van der Waals surface area contributed by atoms with Crippen LogP contribution in [0.25, 0.3) is 0 Å². The quantitative estimate of drug-likeness (QED) is 0.648. The Hall–Kier alpha value is -1.07. The minimum atomic E-state index is 0.566. The number of likely N-dealkylation sites (tertiary alicyclic amines) is 1. The molecular formula is C17H28N4S. The summed E-state index contributed by atoms with van der Waals surface area (Å²) < 4.78 is 0. The molecule has 2 fully saturated rings. The van der Waals surface area contributed by atoms with Crippen molar-refractivity contribution in [2.45, 2.75) is 51.1 Å². The summed E-state index contributed by atoms with van der Waals surface area (Å²) in [5, 5.41) is 5.54. The Morgan fingerprint density at radius 2 is 2.05 bits per heavy atom.